The summed E-state index contributed by atoms with van der Waals surface area (Å²) in [7, 11) is 0. The monoisotopic (exact) mass is 380 g/mol. The maximum Gasteiger partial charge on any atom is 0.229 e. The number of carbonyl (C=O) groups is 1. The lowest BCUT2D eigenvalue weighted by Gasteiger charge is -2.26. The largest absolute Gasteiger partial charge is 0.378 e. The van der Waals surface area contributed by atoms with Gasteiger partial charge in [0.15, 0.2) is 0 Å². The molecule has 4 nitrogen and oxygen atoms in total. The number of nitrogens with zero attached hydrogens (tertiary/aromatic N) is 2. The Balaban J connectivity index is 1.74. The van der Waals surface area contributed by atoms with E-state index in [0.29, 0.717) is 32.7 Å². The maximum atomic E-state index is 12.3. The zero-order valence-electron chi connectivity index (χ0n) is 12.3. The van der Waals surface area contributed by atoms with Gasteiger partial charge in [-0.2, -0.15) is 0 Å². The lowest BCUT2D eigenvalue weighted by atomic mass is 10.1. The molecule has 1 fully saturated rings. The van der Waals surface area contributed by atoms with E-state index in [9.17, 15) is 4.79 Å². The van der Waals surface area contributed by atoms with Crippen LogP contribution in [0.1, 0.15) is 9.88 Å². The van der Waals surface area contributed by atoms with Crippen LogP contribution in [0, 0.1) is 6.92 Å². The Kier molecular flexibility index (Phi) is 4.90. The number of thiazole rings is 1. The minimum absolute atomic E-state index is 0.138. The number of hydrogen-bond acceptors (Lipinski definition) is 4. The third kappa shape index (κ3) is 3.56. The van der Waals surface area contributed by atoms with Gasteiger partial charge in [-0.3, -0.25) is 4.79 Å². The molecule has 1 aromatic carbocycles. The van der Waals surface area contributed by atoms with E-state index in [4.69, 9.17) is 4.74 Å². The van der Waals surface area contributed by atoms with Crippen molar-refractivity contribution in [2.75, 3.05) is 26.3 Å². The second-order valence-electron chi connectivity index (χ2n) is 5.19. The molecule has 0 atom stereocenters. The van der Waals surface area contributed by atoms with Gasteiger partial charge < -0.3 is 9.64 Å². The molecule has 0 radical (unpaired) electrons. The SMILES string of the molecule is Cc1sc(CC(=O)N2CCOCC2)nc1-c1ccc(Br)cc1. The molecule has 1 aliphatic rings. The first-order valence-corrected chi connectivity index (χ1v) is 8.82. The summed E-state index contributed by atoms with van der Waals surface area (Å²) in [4.78, 5) is 20.0. The third-order valence-corrected chi connectivity index (χ3v) is 5.12. The van der Waals surface area contributed by atoms with E-state index in [1.165, 1.54) is 0 Å². The molecule has 1 aliphatic heterocycles. The first-order valence-electron chi connectivity index (χ1n) is 7.21. The average molecular weight is 381 g/mol. The highest BCUT2D eigenvalue weighted by Gasteiger charge is 2.19. The fourth-order valence-corrected chi connectivity index (χ4v) is 3.67. The normalized spacial score (nSPS) is 15.1. The Morgan fingerprint density at radius 1 is 1.32 bits per heavy atom. The molecule has 0 saturated carbocycles. The topological polar surface area (TPSA) is 42.4 Å². The number of halogens is 1. The Morgan fingerprint density at radius 3 is 2.68 bits per heavy atom. The zero-order chi connectivity index (χ0) is 15.5. The maximum absolute atomic E-state index is 12.3. The van der Waals surface area contributed by atoms with Gasteiger partial charge >= 0.3 is 0 Å². The van der Waals surface area contributed by atoms with Gasteiger partial charge in [-0.25, -0.2) is 4.98 Å². The summed E-state index contributed by atoms with van der Waals surface area (Å²) >= 11 is 5.04. The number of aromatic nitrogens is 1. The number of aryl methyl sites for hydroxylation is 1. The molecule has 1 aromatic heterocycles. The lowest BCUT2D eigenvalue weighted by molar-refractivity contribution is -0.134. The second-order valence-corrected chi connectivity index (χ2v) is 7.39. The Morgan fingerprint density at radius 2 is 2.00 bits per heavy atom. The number of rotatable bonds is 3. The van der Waals surface area contributed by atoms with Crippen molar-refractivity contribution >= 4 is 33.2 Å². The molecule has 2 heterocycles. The van der Waals surface area contributed by atoms with Crippen LogP contribution in [0.3, 0.4) is 0 Å². The first kappa shape index (κ1) is 15.6. The van der Waals surface area contributed by atoms with E-state index in [-0.39, 0.29) is 5.91 Å². The number of hydrogen-bond donors (Lipinski definition) is 0. The van der Waals surface area contributed by atoms with Crippen molar-refractivity contribution < 1.29 is 9.53 Å². The van der Waals surface area contributed by atoms with Crippen LogP contribution in [0.2, 0.25) is 0 Å². The Labute approximate surface area is 142 Å². The summed E-state index contributed by atoms with van der Waals surface area (Å²) in [5.41, 5.74) is 2.06. The minimum Gasteiger partial charge on any atom is -0.378 e. The molecule has 6 heteroatoms. The lowest BCUT2D eigenvalue weighted by Crippen LogP contribution is -2.41. The van der Waals surface area contributed by atoms with Gasteiger partial charge in [0.25, 0.3) is 0 Å². The number of ether oxygens (including phenoxy) is 1. The van der Waals surface area contributed by atoms with Gasteiger partial charge in [-0.15, -0.1) is 11.3 Å². The van der Waals surface area contributed by atoms with E-state index in [1.54, 1.807) is 11.3 Å². The highest BCUT2D eigenvalue weighted by atomic mass is 79.9. The summed E-state index contributed by atoms with van der Waals surface area (Å²) in [6.07, 6.45) is 0.377. The van der Waals surface area contributed by atoms with Crippen molar-refractivity contribution in [2.45, 2.75) is 13.3 Å². The molecule has 1 saturated heterocycles. The average Bonchev–Trinajstić information content (AvgIpc) is 2.89. The smallest absolute Gasteiger partial charge is 0.229 e. The van der Waals surface area contributed by atoms with Gasteiger partial charge in [-0.05, 0) is 19.1 Å². The molecular formula is C16H17BrN2O2S. The van der Waals surface area contributed by atoms with Crippen LogP contribution in [0.25, 0.3) is 11.3 Å². The van der Waals surface area contributed by atoms with Crippen molar-refractivity contribution in [1.29, 1.82) is 0 Å². The fourth-order valence-electron chi connectivity index (χ4n) is 2.46. The predicted molar refractivity (Wildman–Crippen MR) is 91.1 cm³/mol. The molecule has 0 N–H and O–H groups in total. The number of carbonyl (C=O) groups excluding carboxylic acids is 1. The van der Waals surface area contributed by atoms with Crippen molar-refractivity contribution in [2.24, 2.45) is 0 Å². The van der Waals surface area contributed by atoms with Crippen LogP contribution in [-0.4, -0.2) is 42.1 Å². The van der Waals surface area contributed by atoms with Crippen molar-refractivity contribution in [3.05, 3.63) is 38.6 Å². The van der Waals surface area contributed by atoms with Crippen molar-refractivity contribution in [3.63, 3.8) is 0 Å². The van der Waals surface area contributed by atoms with Gasteiger partial charge in [0.1, 0.15) is 5.01 Å². The third-order valence-electron chi connectivity index (χ3n) is 3.62. The number of amides is 1. The molecule has 1 amide bonds. The molecule has 3 rings (SSSR count). The van der Waals surface area contributed by atoms with Gasteiger partial charge in [0.05, 0.1) is 25.3 Å². The predicted octanol–water partition coefficient (Wildman–Crippen LogP) is 3.28. The first-order chi connectivity index (χ1) is 10.6. The van der Waals surface area contributed by atoms with E-state index in [1.807, 2.05) is 29.2 Å². The van der Waals surface area contributed by atoms with Gasteiger partial charge in [-0.1, -0.05) is 28.1 Å². The fraction of sp³-hybridized carbons (Fsp3) is 0.375. The molecule has 116 valence electrons. The highest BCUT2D eigenvalue weighted by molar-refractivity contribution is 9.10. The zero-order valence-corrected chi connectivity index (χ0v) is 14.7. The van der Waals surface area contributed by atoms with Crippen LogP contribution < -0.4 is 0 Å². The van der Waals surface area contributed by atoms with E-state index >= 15 is 0 Å². The number of benzene rings is 1. The second kappa shape index (κ2) is 6.89. The summed E-state index contributed by atoms with van der Waals surface area (Å²) in [6, 6.07) is 8.10. The Hall–Kier alpha value is -1.24. The minimum atomic E-state index is 0.138. The van der Waals surface area contributed by atoms with Crippen LogP contribution >= 0.6 is 27.3 Å². The summed E-state index contributed by atoms with van der Waals surface area (Å²) in [5, 5.41) is 0.881. The van der Waals surface area contributed by atoms with Gasteiger partial charge in [0.2, 0.25) is 5.91 Å². The molecule has 0 aliphatic carbocycles. The summed E-state index contributed by atoms with van der Waals surface area (Å²) in [5.74, 6) is 0.138. The molecule has 0 unspecified atom stereocenters. The van der Waals surface area contributed by atoms with E-state index < -0.39 is 0 Å². The van der Waals surface area contributed by atoms with Crippen LogP contribution in [0.4, 0.5) is 0 Å². The molecule has 0 spiro atoms. The number of morpholine rings is 1. The van der Waals surface area contributed by atoms with Gasteiger partial charge in [0, 0.05) is 28.0 Å². The van der Waals surface area contributed by atoms with Crippen LogP contribution in [0.15, 0.2) is 28.7 Å². The van der Waals surface area contributed by atoms with E-state index in [2.05, 4.69) is 27.8 Å². The van der Waals surface area contributed by atoms with Crippen molar-refractivity contribution in [3.8, 4) is 11.3 Å². The van der Waals surface area contributed by atoms with E-state index in [0.717, 1.165) is 25.6 Å². The standard InChI is InChI=1S/C16H17BrN2O2S/c1-11-16(12-2-4-13(17)5-3-12)18-14(22-11)10-15(20)19-6-8-21-9-7-19/h2-5H,6-10H2,1H3. The van der Waals surface area contributed by atoms with Crippen molar-refractivity contribution in [1.82, 2.24) is 9.88 Å². The molecule has 22 heavy (non-hydrogen) atoms. The highest BCUT2D eigenvalue weighted by Crippen LogP contribution is 2.29. The summed E-state index contributed by atoms with van der Waals surface area (Å²) < 4.78 is 6.33. The molecular weight excluding hydrogens is 364 g/mol. The van der Waals surface area contributed by atoms with Crippen LogP contribution in [-0.2, 0) is 16.0 Å². The molecule has 2 aromatic rings. The molecule has 0 bridgehead atoms. The quantitative estimate of drug-likeness (QED) is 0.820. The Bertz CT molecular complexity index is 663. The summed E-state index contributed by atoms with van der Waals surface area (Å²) in [6.45, 7) is 4.68. The van der Waals surface area contributed by atoms with Crippen LogP contribution in [0.5, 0.6) is 0 Å².